The molecule has 1 rings (SSSR count). The van der Waals surface area contributed by atoms with E-state index in [0.29, 0.717) is 12.8 Å². The zero-order valence-electron chi connectivity index (χ0n) is 8.56. The van der Waals surface area contributed by atoms with Crippen LogP contribution in [-0.4, -0.2) is 23.2 Å². The number of para-hydroxylation sites is 1. The molecule has 0 unspecified atom stereocenters. The Bertz CT molecular complexity index is 370. The number of unbranched alkanes of at least 4 members (excludes halogenated alkanes) is 1. The van der Waals surface area contributed by atoms with E-state index in [0.717, 1.165) is 6.07 Å². The van der Waals surface area contributed by atoms with Crippen LogP contribution >= 0.6 is 0 Å². The van der Waals surface area contributed by atoms with Crippen molar-refractivity contribution in [1.29, 1.82) is 0 Å². The molecule has 1 aromatic rings. The van der Waals surface area contributed by atoms with Crippen molar-refractivity contribution in [1.82, 2.24) is 0 Å². The Morgan fingerprint density at radius 3 is 2.81 bits per heavy atom. The molecule has 0 aromatic heterocycles. The zero-order valence-corrected chi connectivity index (χ0v) is 8.56. The molecule has 88 valence electrons. The lowest BCUT2D eigenvalue weighted by Gasteiger charge is -2.06. The molecule has 0 amide bonds. The summed E-state index contributed by atoms with van der Waals surface area (Å²) in [5, 5.41) is 19.1. The third-order valence-corrected chi connectivity index (χ3v) is 1.94. The molecule has 0 radical (unpaired) electrons. The molecule has 0 atom stereocenters. The molecular formula is C10H12FNO4. The van der Waals surface area contributed by atoms with Gasteiger partial charge in [0.15, 0.2) is 5.82 Å². The largest absolute Gasteiger partial charge is 0.485 e. The van der Waals surface area contributed by atoms with Crippen molar-refractivity contribution in [3.05, 3.63) is 34.1 Å². The van der Waals surface area contributed by atoms with Gasteiger partial charge in [0, 0.05) is 12.7 Å². The van der Waals surface area contributed by atoms with Crippen LogP contribution in [0, 0.1) is 15.9 Å². The van der Waals surface area contributed by atoms with Crippen molar-refractivity contribution in [2.45, 2.75) is 12.8 Å². The predicted octanol–water partition coefficient (Wildman–Crippen LogP) is 1.89. The molecule has 0 fully saturated rings. The molecule has 0 saturated heterocycles. The summed E-state index contributed by atoms with van der Waals surface area (Å²) in [4.78, 5) is 9.89. The topological polar surface area (TPSA) is 72.6 Å². The van der Waals surface area contributed by atoms with Crippen LogP contribution in [0.25, 0.3) is 0 Å². The third kappa shape index (κ3) is 3.16. The van der Waals surface area contributed by atoms with Crippen LogP contribution in [0.4, 0.5) is 10.1 Å². The Morgan fingerprint density at radius 1 is 1.44 bits per heavy atom. The number of nitro groups is 1. The van der Waals surface area contributed by atoms with E-state index in [1.165, 1.54) is 12.1 Å². The van der Waals surface area contributed by atoms with Gasteiger partial charge in [-0.05, 0) is 18.9 Å². The highest BCUT2D eigenvalue weighted by Crippen LogP contribution is 2.29. The molecule has 0 aliphatic carbocycles. The maximum Gasteiger partial charge on any atom is 0.314 e. The smallest absolute Gasteiger partial charge is 0.314 e. The molecule has 0 saturated carbocycles. The fourth-order valence-corrected chi connectivity index (χ4v) is 1.17. The molecule has 16 heavy (non-hydrogen) atoms. The number of aliphatic hydroxyl groups is 1. The van der Waals surface area contributed by atoms with E-state index in [9.17, 15) is 14.5 Å². The molecule has 1 aromatic carbocycles. The summed E-state index contributed by atoms with van der Waals surface area (Å²) in [5.41, 5.74) is -0.385. The molecule has 1 N–H and O–H groups in total. The van der Waals surface area contributed by atoms with E-state index < -0.39 is 10.7 Å². The number of hydrogen-bond acceptors (Lipinski definition) is 4. The van der Waals surface area contributed by atoms with Gasteiger partial charge in [-0.3, -0.25) is 10.1 Å². The first-order valence-electron chi connectivity index (χ1n) is 4.83. The van der Waals surface area contributed by atoms with E-state index in [1.54, 1.807) is 0 Å². The van der Waals surface area contributed by atoms with Crippen LogP contribution in [0.5, 0.6) is 5.75 Å². The van der Waals surface area contributed by atoms with Crippen molar-refractivity contribution in [2.24, 2.45) is 0 Å². The van der Waals surface area contributed by atoms with Gasteiger partial charge in [0.25, 0.3) is 0 Å². The molecule has 0 heterocycles. The molecule has 0 aliphatic rings. The van der Waals surface area contributed by atoms with Crippen LogP contribution in [-0.2, 0) is 0 Å². The number of nitro benzene ring substituents is 1. The van der Waals surface area contributed by atoms with Crippen LogP contribution in [0.1, 0.15) is 12.8 Å². The number of aliphatic hydroxyl groups excluding tert-OH is 1. The second kappa shape index (κ2) is 6.02. The van der Waals surface area contributed by atoms with Gasteiger partial charge in [0.1, 0.15) is 0 Å². The summed E-state index contributed by atoms with van der Waals surface area (Å²) in [6.07, 6.45) is 1.03. The number of benzene rings is 1. The van der Waals surface area contributed by atoms with Gasteiger partial charge < -0.3 is 9.84 Å². The summed E-state index contributed by atoms with van der Waals surface area (Å²) in [7, 11) is 0. The minimum Gasteiger partial charge on any atom is -0.485 e. The summed E-state index contributed by atoms with van der Waals surface area (Å²) in [5.74, 6) is -1.09. The quantitative estimate of drug-likeness (QED) is 0.459. The van der Waals surface area contributed by atoms with Gasteiger partial charge in [-0.2, -0.15) is 0 Å². The lowest BCUT2D eigenvalue weighted by Crippen LogP contribution is -2.03. The first kappa shape index (κ1) is 12.4. The number of halogens is 1. The Hall–Kier alpha value is -1.69. The Kier molecular flexibility index (Phi) is 4.65. The highest BCUT2D eigenvalue weighted by Gasteiger charge is 2.18. The van der Waals surface area contributed by atoms with Crippen molar-refractivity contribution in [3.63, 3.8) is 0 Å². The van der Waals surface area contributed by atoms with Gasteiger partial charge in [-0.1, -0.05) is 6.07 Å². The van der Waals surface area contributed by atoms with Crippen molar-refractivity contribution in [3.8, 4) is 5.75 Å². The fourth-order valence-electron chi connectivity index (χ4n) is 1.17. The van der Waals surface area contributed by atoms with Crippen molar-refractivity contribution < 1.29 is 19.2 Å². The van der Waals surface area contributed by atoms with E-state index in [2.05, 4.69) is 0 Å². The van der Waals surface area contributed by atoms with Crippen molar-refractivity contribution in [2.75, 3.05) is 13.2 Å². The SMILES string of the molecule is O=[N+]([O-])c1cccc(F)c1OCCCCO. The van der Waals surface area contributed by atoms with Gasteiger partial charge in [-0.15, -0.1) is 0 Å². The number of ether oxygens (including phenoxy) is 1. The molecule has 0 spiro atoms. The van der Waals surface area contributed by atoms with E-state index >= 15 is 0 Å². The Labute approximate surface area is 91.6 Å². The van der Waals surface area contributed by atoms with Crippen LogP contribution in [0.15, 0.2) is 18.2 Å². The van der Waals surface area contributed by atoms with Crippen LogP contribution in [0.2, 0.25) is 0 Å². The van der Waals surface area contributed by atoms with Gasteiger partial charge in [-0.25, -0.2) is 4.39 Å². The maximum atomic E-state index is 13.2. The number of rotatable bonds is 6. The highest BCUT2D eigenvalue weighted by atomic mass is 19.1. The van der Waals surface area contributed by atoms with Gasteiger partial charge >= 0.3 is 5.69 Å². The second-order valence-corrected chi connectivity index (χ2v) is 3.12. The average Bonchev–Trinajstić information content (AvgIpc) is 2.25. The summed E-state index contributed by atoms with van der Waals surface area (Å²) in [6, 6.07) is 3.55. The Morgan fingerprint density at radius 2 is 2.19 bits per heavy atom. The fraction of sp³-hybridized carbons (Fsp3) is 0.400. The molecule has 0 bridgehead atoms. The predicted molar refractivity (Wildman–Crippen MR) is 54.9 cm³/mol. The maximum absolute atomic E-state index is 13.2. The molecular weight excluding hydrogens is 217 g/mol. The summed E-state index contributed by atoms with van der Waals surface area (Å²) >= 11 is 0. The molecule has 5 nitrogen and oxygen atoms in total. The normalized spacial score (nSPS) is 10.1. The first-order chi connectivity index (χ1) is 7.66. The van der Waals surface area contributed by atoms with E-state index in [-0.39, 0.29) is 24.7 Å². The minimum atomic E-state index is -0.752. The summed E-state index contributed by atoms with van der Waals surface area (Å²) < 4.78 is 18.2. The lowest BCUT2D eigenvalue weighted by atomic mass is 10.3. The average molecular weight is 229 g/mol. The first-order valence-corrected chi connectivity index (χ1v) is 4.83. The van der Waals surface area contributed by atoms with Gasteiger partial charge in [0.05, 0.1) is 11.5 Å². The van der Waals surface area contributed by atoms with Gasteiger partial charge in [0.2, 0.25) is 5.75 Å². The van der Waals surface area contributed by atoms with E-state index in [1.807, 2.05) is 0 Å². The number of nitrogens with zero attached hydrogens (tertiary/aromatic N) is 1. The lowest BCUT2D eigenvalue weighted by molar-refractivity contribution is -0.386. The summed E-state index contributed by atoms with van der Waals surface area (Å²) in [6.45, 7) is 0.158. The highest BCUT2D eigenvalue weighted by molar-refractivity contribution is 5.46. The standard InChI is InChI=1S/C10H12FNO4/c11-8-4-3-5-9(12(14)15)10(8)16-7-2-1-6-13/h3-5,13H,1-2,6-7H2. The van der Waals surface area contributed by atoms with Crippen LogP contribution in [0.3, 0.4) is 0 Å². The number of hydrogen-bond donors (Lipinski definition) is 1. The molecule has 0 aliphatic heterocycles. The second-order valence-electron chi connectivity index (χ2n) is 3.12. The molecule has 6 heteroatoms. The third-order valence-electron chi connectivity index (χ3n) is 1.94. The zero-order chi connectivity index (χ0) is 12.0. The van der Waals surface area contributed by atoms with E-state index in [4.69, 9.17) is 9.84 Å². The minimum absolute atomic E-state index is 0.0166. The van der Waals surface area contributed by atoms with Crippen LogP contribution < -0.4 is 4.74 Å². The Balaban J connectivity index is 2.73. The van der Waals surface area contributed by atoms with Crippen molar-refractivity contribution >= 4 is 5.69 Å². The monoisotopic (exact) mass is 229 g/mol.